The minimum Gasteiger partial charge on any atom is -0.444 e. The molecule has 3 nitrogen and oxygen atoms in total. The van der Waals surface area contributed by atoms with Crippen molar-refractivity contribution in [3.05, 3.63) is 29.8 Å². The van der Waals surface area contributed by atoms with Crippen molar-refractivity contribution in [2.45, 2.75) is 50.5 Å². The third-order valence-electron chi connectivity index (χ3n) is 3.89. The number of ether oxygens (including phenoxy) is 1. The maximum Gasteiger partial charge on any atom is 0.410 e. The molecule has 134 valence electrons. The van der Waals surface area contributed by atoms with Crippen LogP contribution >= 0.6 is 11.8 Å². The fraction of sp³-hybridized carbons (Fsp3) is 0.611. The Labute approximate surface area is 146 Å². The second-order valence-corrected chi connectivity index (χ2v) is 8.12. The predicted octanol–water partition coefficient (Wildman–Crippen LogP) is 5.36. The maximum absolute atomic E-state index is 13.0. The summed E-state index contributed by atoms with van der Waals surface area (Å²) < 4.78 is 31.4. The third kappa shape index (κ3) is 5.65. The number of thioether (sulfide) groups is 1. The molecule has 0 spiro atoms. The van der Waals surface area contributed by atoms with Gasteiger partial charge in [-0.3, -0.25) is 0 Å². The molecule has 0 atom stereocenters. The van der Waals surface area contributed by atoms with E-state index in [2.05, 4.69) is 0 Å². The van der Waals surface area contributed by atoms with Gasteiger partial charge in [-0.25, -0.2) is 13.6 Å². The molecule has 1 aromatic rings. The zero-order valence-corrected chi connectivity index (χ0v) is 15.2. The lowest BCUT2D eigenvalue weighted by Gasteiger charge is -2.33. The van der Waals surface area contributed by atoms with Gasteiger partial charge in [0.2, 0.25) is 0 Å². The first-order chi connectivity index (χ1) is 11.3. The molecule has 1 aliphatic rings. The van der Waals surface area contributed by atoms with Gasteiger partial charge in [-0.15, -0.1) is 11.8 Å². The minimum atomic E-state index is -2.44. The average Bonchev–Trinajstić information content (AvgIpc) is 2.52. The van der Waals surface area contributed by atoms with Crippen LogP contribution in [0.25, 0.3) is 0 Å². The Morgan fingerprint density at radius 1 is 1.29 bits per heavy atom. The summed E-state index contributed by atoms with van der Waals surface area (Å²) in [5, 5.41) is 0. The Kier molecular flexibility index (Phi) is 6.49. The lowest BCUT2D eigenvalue weighted by molar-refractivity contribution is 0.0191. The SMILES string of the molecule is CC(C)(C)OC(=O)N1CCC(CSc2ccccc2C(F)F)CC1. The molecule has 1 aliphatic heterocycles. The van der Waals surface area contributed by atoms with E-state index in [1.807, 2.05) is 20.8 Å². The predicted molar refractivity (Wildman–Crippen MR) is 92.7 cm³/mol. The molecular weight excluding hydrogens is 332 g/mol. The van der Waals surface area contributed by atoms with Gasteiger partial charge in [0.15, 0.2) is 0 Å². The molecular formula is C18H25F2NO2S. The lowest BCUT2D eigenvalue weighted by atomic mass is 9.99. The van der Waals surface area contributed by atoms with Crippen LogP contribution in [0, 0.1) is 5.92 Å². The first kappa shape index (κ1) is 19.0. The quantitative estimate of drug-likeness (QED) is 0.679. The molecule has 1 heterocycles. The second-order valence-electron chi connectivity index (χ2n) is 7.06. The van der Waals surface area contributed by atoms with Crippen molar-refractivity contribution in [3.8, 4) is 0 Å². The summed E-state index contributed by atoms with van der Waals surface area (Å²) in [5.41, 5.74) is -0.378. The molecule has 0 aromatic heterocycles. The van der Waals surface area contributed by atoms with Crippen LogP contribution in [0.5, 0.6) is 0 Å². The van der Waals surface area contributed by atoms with E-state index in [0.29, 0.717) is 23.9 Å². The average molecular weight is 357 g/mol. The van der Waals surface area contributed by atoms with Gasteiger partial charge in [0, 0.05) is 29.3 Å². The number of amides is 1. The fourth-order valence-electron chi connectivity index (χ4n) is 2.61. The largest absolute Gasteiger partial charge is 0.444 e. The van der Waals surface area contributed by atoms with E-state index in [-0.39, 0.29) is 11.7 Å². The molecule has 1 fully saturated rings. The number of alkyl halides is 2. The topological polar surface area (TPSA) is 29.5 Å². The van der Waals surface area contributed by atoms with E-state index >= 15 is 0 Å². The molecule has 0 aliphatic carbocycles. The zero-order valence-electron chi connectivity index (χ0n) is 14.4. The second kappa shape index (κ2) is 8.19. The van der Waals surface area contributed by atoms with E-state index in [1.165, 1.54) is 17.8 Å². The van der Waals surface area contributed by atoms with E-state index in [4.69, 9.17) is 4.74 Å². The van der Waals surface area contributed by atoms with Crippen LogP contribution in [-0.4, -0.2) is 35.4 Å². The summed E-state index contributed by atoms with van der Waals surface area (Å²) >= 11 is 1.49. The molecule has 0 bridgehead atoms. The molecule has 1 amide bonds. The van der Waals surface area contributed by atoms with Gasteiger partial charge < -0.3 is 9.64 Å². The molecule has 1 aromatic carbocycles. The van der Waals surface area contributed by atoms with E-state index in [9.17, 15) is 13.6 Å². The number of hydrogen-bond acceptors (Lipinski definition) is 3. The molecule has 0 unspecified atom stereocenters. The highest BCUT2D eigenvalue weighted by Gasteiger charge is 2.27. The molecule has 0 saturated carbocycles. The number of carbonyl (C=O) groups excluding carboxylic acids is 1. The lowest BCUT2D eigenvalue weighted by Crippen LogP contribution is -2.42. The summed E-state index contributed by atoms with van der Waals surface area (Å²) in [5.74, 6) is 1.23. The summed E-state index contributed by atoms with van der Waals surface area (Å²) in [6, 6.07) is 6.67. The van der Waals surface area contributed by atoms with Crippen LogP contribution in [0.1, 0.15) is 45.6 Å². The van der Waals surface area contributed by atoms with Gasteiger partial charge in [-0.2, -0.15) is 0 Å². The number of carbonyl (C=O) groups is 1. The maximum atomic E-state index is 13.0. The van der Waals surface area contributed by atoms with Crippen LogP contribution in [-0.2, 0) is 4.74 Å². The van der Waals surface area contributed by atoms with E-state index in [1.54, 1.807) is 23.1 Å². The smallest absolute Gasteiger partial charge is 0.410 e. The van der Waals surface area contributed by atoms with Crippen LogP contribution < -0.4 is 0 Å². The van der Waals surface area contributed by atoms with Crippen molar-refractivity contribution < 1.29 is 18.3 Å². The standard InChI is InChI=1S/C18H25F2NO2S/c1-18(2,3)23-17(22)21-10-8-13(9-11-21)12-24-15-7-5-4-6-14(15)16(19)20/h4-7,13,16H,8-12H2,1-3H3. The van der Waals surface area contributed by atoms with Crippen LogP contribution in [0.2, 0.25) is 0 Å². The number of hydrogen-bond donors (Lipinski definition) is 0. The van der Waals surface area contributed by atoms with Gasteiger partial charge in [-0.05, 0) is 45.6 Å². The Morgan fingerprint density at radius 2 is 1.92 bits per heavy atom. The molecule has 2 rings (SSSR count). The first-order valence-corrected chi connectivity index (χ1v) is 9.22. The van der Waals surface area contributed by atoms with Crippen molar-refractivity contribution >= 4 is 17.9 Å². The van der Waals surface area contributed by atoms with Crippen LogP contribution in [0.4, 0.5) is 13.6 Å². The van der Waals surface area contributed by atoms with Gasteiger partial charge in [0.05, 0.1) is 0 Å². The Hall–Kier alpha value is -1.30. The number of benzene rings is 1. The van der Waals surface area contributed by atoms with Gasteiger partial charge >= 0.3 is 6.09 Å². The molecule has 0 radical (unpaired) electrons. The zero-order chi connectivity index (χ0) is 17.7. The highest BCUT2D eigenvalue weighted by atomic mass is 32.2. The van der Waals surface area contributed by atoms with Gasteiger partial charge in [0.1, 0.15) is 5.60 Å². The normalized spacial score (nSPS) is 16.5. The third-order valence-corrected chi connectivity index (χ3v) is 5.22. The highest BCUT2D eigenvalue weighted by Crippen LogP contribution is 2.33. The van der Waals surface area contributed by atoms with Crippen molar-refractivity contribution in [2.75, 3.05) is 18.8 Å². The summed E-state index contributed by atoms with van der Waals surface area (Å²) in [6.07, 6.45) is -0.953. The van der Waals surface area contributed by atoms with Gasteiger partial charge in [-0.1, -0.05) is 18.2 Å². The molecule has 6 heteroatoms. The molecule has 1 saturated heterocycles. The van der Waals surface area contributed by atoms with Gasteiger partial charge in [0.25, 0.3) is 6.43 Å². The molecule has 0 N–H and O–H groups in total. The van der Waals surface area contributed by atoms with Crippen molar-refractivity contribution in [2.24, 2.45) is 5.92 Å². The summed E-state index contributed by atoms with van der Waals surface area (Å²) in [4.78, 5) is 14.4. The minimum absolute atomic E-state index is 0.105. The highest BCUT2D eigenvalue weighted by molar-refractivity contribution is 7.99. The van der Waals surface area contributed by atoms with Crippen molar-refractivity contribution in [1.29, 1.82) is 0 Å². The number of halogens is 2. The monoisotopic (exact) mass is 357 g/mol. The first-order valence-electron chi connectivity index (χ1n) is 8.24. The van der Waals surface area contributed by atoms with Crippen LogP contribution in [0.15, 0.2) is 29.2 Å². The summed E-state index contributed by atoms with van der Waals surface area (Å²) in [7, 11) is 0. The number of likely N-dealkylation sites (tertiary alicyclic amines) is 1. The Morgan fingerprint density at radius 3 is 2.50 bits per heavy atom. The van der Waals surface area contributed by atoms with Crippen LogP contribution in [0.3, 0.4) is 0 Å². The van der Waals surface area contributed by atoms with E-state index < -0.39 is 12.0 Å². The number of nitrogens with zero attached hydrogens (tertiary/aromatic N) is 1. The van der Waals surface area contributed by atoms with Crippen molar-refractivity contribution in [1.82, 2.24) is 4.90 Å². The van der Waals surface area contributed by atoms with E-state index in [0.717, 1.165) is 18.6 Å². The molecule has 24 heavy (non-hydrogen) atoms. The number of piperidine rings is 1. The summed E-state index contributed by atoms with van der Waals surface area (Å²) in [6.45, 7) is 6.89. The fourth-order valence-corrected chi connectivity index (χ4v) is 3.86. The number of rotatable bonds is 4. The Balaban J connectivity index is 1.81. The van der Waals surface area contributed by atoms with Crippen molar-refractivity contribution in [3.63, 3.8) is 0 Å². The Bertz CT molecular complexity index is 552.